The van der Waals surface area contributed by atoms with Gasteiger partial charge in [0.1, 0.15) is 0 Å². The van der Waals surface area contributed by atoms with E-state index in [0.717, 1.165) is 11.6 Å². The number of alkyl halides is 1. The van der Waals surface area contributed by atoms with Gasteiger partial charge in [0, 0.05) is 12.2 Å². The largest absolute Gasteiger partial charge is 0.330 e. The summed E-state index contributed by atoms with van der Waals surface area (Å²) in [6, 6.07) is 0.584. The molecule has 2 nitrogen and oxygen atoms in total. The van der Waals surface area contributed by atoms with E-state index < -0.39 is 0 Å². The topological polar surface area (TPSA) is 17.8 Å². The van der Waals surface area contributed by atoms with Crippen LogP contribution in [0.15, 0.2) is 12.5 Å². The van der Waals surface area contributed by atoms with Crippen molar-refractivity contribution < 1.29 is 0 Å². The standard InChI is InChI=1S/C9H13ClN2/c1-7(8-2-3-8)12-6-11-5-9(12)4-10/h5-8H,2-4H2,1H3. The van der Waals surface area contributed by atoms with Gasteiger partial charge in [0.15, 0.2) is 0 Å². The van der Waals surface area contributed by atoms with Crippen molar-refractivity contribution in [1.82, 2.24) is 9.55 Å². The van der Waals surface area contributed by atoms with E-state index in [9.17, 15) is 0 Å². The van der Waals surface area contributed by atoms with Crippen LogP contribution < -0.4 is 0 Å². The summed E-state index contributed by atoms with van der Waals surface area (Å²) in [5.41, 5.74) is 1.14. The lowest BCUT2D eigenvalue weighted by Gasteiger charge is -2.14. The first-order valence-electron chi connectivity index (χ1n) is 4.39. The molecule has 0 N–H and O–H groups in total. The third kappa shape index (κ3) is 1.36. The van der Waals surface area contributed by atoms with Crippen LogP contribution in [0.5, 0.6) is 0 Å². The molecule has 1 saturated carbocycles. The first kappa shape index (κ1) is 8.11. The van der Waals surface area contributed by atoms with Crippen molar-refractivity contribution >= 4 is 11.6 Å². The molecule has 1 aromatic rings. The number of aromatic nitrogens is 2. The molecule has 1 atom stereocenters. The summed E-state index contributed by atoms with van der Waals surface area (Å²) < 4.78 is 2.20. The Hall–Kier alpha value is -0.500. The molecule has 0 saturated heterocycles. The van der Waals surface area contributed by atoms with Crippen molar-refractivity contribution in [1.29, 1.82) is 0 Å². The third-order valence-corrected chi connectivity index (χ3v) is 2.90. The Labute approximate surface area is 77.6 Å². The molecule has 1 heterocycles. The first-order valence-corrected chi connectivity index (χ1v) is 4.93. The van der Waals surface area contributed by atoms with Crippen LogP contribution >= 0.6 is 11.6 Å². The van der Waals surface area contributed by atoms with E-state index >= 15 is 0 Å². The van der Waals surface area contributed by atoms with Crippen molar-refractivity contribution in [2.45, 2.75) is 31.7 Å². The summed E-state index contributed by atoms with van der Waals surface area (Å²) in [6.45, 7) is 2.25. The lowest BCUT2D eigenvalue weighted by atomic mass is 10.2. The molecule has 0 spiro atoms. The van der Waals surface area contributed by atoms with Gasteiger partial charge in [-0.2, -0.15) is 0 Å². The summed E-state index contributed by atoms with van der Waals surface area (Å²) in [5, 5.41) is 0. The van der Waals surface area contributed by atoms with Gasteiger partial charge in [-0.1, -0.05) is 0 Å². The molecule has 1 aliphatic rings. The third-order valence-electron chi connectivity index (χ3n) is 2.63. The van der Waals surface area contributed by atoms with E-state index in [2.05, 4.69) is 16.5 Å². The maximum atomic E-state index is 5.78. The Morgan fingerprint density at radius 3 is 3.08 bits per heavy atom. The summed E-state index contributed by atoms with van der Waals surface area (Å²) in [5.74, 6) is 1.43. The Balaban J connectivity index is 2.19. The quantitative estimate of drug-likeness (QED) is 0.661. The SMILES string of the molecule is CC(C1CC1)n1cncc1CCl. The molecule has 0 aromatic carbocycles. The molecule has 1 unspecified atom stereocenters. The molecule has 0 bridgehead atoms. The Bertz CT molecular complexity index is 265. The van der Waals surface area contributed by atoms with Crippen LogP contribution in [0.4, 0.5) is 0 Å². The summed E-state index contributed by atoms with van der Waals surface area (Å²) in [6.07, 6.45) is 6.47. The molecular weight excluding hydrogens is 172 g/mol. The van der Waals surface area contributed by atoms with Gasteiger partial charge in [0.2, 0.25) is 0 Å². The van der Waals surface area contributed by atoms with Crippen LogP contribution in [0.1, 0.15) is 31.5 Å². The second kappa shape index (κ2) is 3.09. The van der Waals surface area contributed by atoms with Crippen molar-refractivity contribution in [3.63, 3.8) is 0 Å². The van der Waals surface area contributed by atoms with Crippen LogP contribution in [-0.4, -0.2) is 9.55 Å². The van der Waals surface area contributed by atoms with E-state index in [-0.39, 0.29) is 0 Å². The van der Waals surface area contributed by atoms with Crippen LogP contribution in [0.3, 0.4) is 0 Å². The van der Waals surface area contributed by atoms with Gasteiger partial charge in [0.05, 0.1) is 17.9 Å². The molecule has 0 amide bonds. The normalized spacial score (nSPS) is 19.5. The van der Waals surface area contributed by atoms with Crippen LogP contribution in [0.25, 0.3) is 0 Å². The molecule has 1 fully saturated rings. The minimum Gasteiger partial charge on any atom is -0.330 e. The van der Waals surface area contributed by atoms with Crippen molar-refractivity contribution in [2.24, 2.45) is 5.92 Å². The van der Waals surface area contributed by atoms with E-state index in [0.29, 0.717) is 11.9 Å². The first-order chi connectivity index (χ1) is 5.83. The molecule has 0 radical (unpaired) electrons. The highest BCUT2D eigenvalue weighted by atomic mass is 35.5. The minimum atomic E-state index is 0.567. The van der Waals surface area contributed by atoms with Crippen molar-refractivity contribution in [2.75, 3.05) is 0 Å². The van der Waals surface area contributed by atoms with E-state index in [1.807, 2.05) is 12.5 Å². The van der Waals surface area contributed by atoms with Gasteiger partial charge in [-0.05, 0) is 25.7 Å². The van der Waals surface area contributed by atoms with Crippen LogP contribution in [-0.2, 0) is 5.88 Å². The lowest BCUT2D eigenvalue weighted by molar-refractivity contribution is 0.475. The van der Waals surface area contributed by atoms with Crippen molar-refractivity contribution in [3.8, 4) is 0 Å². The Morgan fingerprint density at radius 2 is 2.50 bits per heavy atom. The Kier molecular flexibility index (Phi) is 2.09. The molecular formula is C9H13ClN2. The summed E-state index contributed by atoms with van der Waals surface area (Å²) in [7, 11) is 0. The number of hydrogen-bond acceptors (Lipinski definition) is 1. The summed E-state index contributed by atoms with van der Waals surface area (Å²) >= 11 is 5.78. The maximum absolute atomic E-state index is 5.78. The maximum Gasteiger partial charge on any atom is 0.0951 e. The predicted octanol–water partition coefficient (Wildman–Crippen LogP) is 2.59. The minimum absolute atomic E-state index is 0.567. The number of nitrogens with zero attached hydrogens (tertiary/aromatic N) is 2. The molecule has 3 heteroatoms. The smallest absolute Gasteiger partial charge is 0.0951 e. The average Bonchev–Trinajstić information content (AvgIpc) is 2.82. The average molecular weight is 185 g/mol. The number of rotatable bonds is 3. The lowest BCUT2D eigenvalue weighted by Crippen LogP contribution is -2.08. The van der Waals surface area contributed by atoms with E-state index in [4.69, 9.17) is 11.6 Å². The van der Waals surface area contributed by atoms with Gasteiger partial charge in [-0.3, -0.25) is 0 Å². The van der Waals surface area contributed by atoms with Crippen molar-refractivity contribution in [3.05, 3.63) is 18.2 Å². The molecule has 66 valence electrons. The van der Waals surface area contributed by atoms with Gasteiger partial charge in [-0.15, -0.1) is 11.6 Å². The van der Waals surface area contributed by atoms with Gasteiger partial charge in [0.25, 0.3) is 0 Å². The highest BCUT2D eigenvalue weighted by molar-refractivity contribution is 6.16. The molecule has 2 rings (SSSR count). The van der Waals surface area contributed by atoms with Crippen LogP contribution in [0.2, 0.25) is 0 Å². The zero-order chi connectivity index (χ0) is 8.55. The molecule has 12 heavy (non-hydrogen) atoms. The molecule has 1 aromatic heterocycles. The fraction of sp³-hybridized carbons (Fsp3) is 0.667. The van der Waals surface area contributed by atoms with Gasteiger partial charge < -0.3 is 4.57 Å². The number of hydrogen-bond donors (Lipinski definition) is 0. The predicted molar refractivity (Wildman–Crippen MR) is 49.2 cm³/mol. The highest BCUT2D eigenvalue weighted by Crippen LogP contribution is 2.39. The second-order valence-corrected chi connectivity index (χ2v) is 3.77. The Morgan fingerprint density at radius 1 is 1.75 bits per heavy atom. The summed E-state index contributed by atoms with van der Waals surface area (Å²) in [4.78, 5) is 4.10. The molecule has 1 aliphatic carbocycles. The van der Waals surface area contributed by atoms with Crippen LogP contribution in [0, 0.1) is 5.92 Å². The highest BCUT2D eigenvalue weighted by Gasteiger charge is 2.29. The fourth-order valence-electron chi connectivity index (χ4n) is 1.61. The zero-order valence-electron chi connectivity index (χ0n) is 7.20. The van der Waals surface area contributed by atoms with Gasteiger partial charge in [-0.25, -0.2) is 4.98 Å². The number of imidazole rings is 1. The van der Waals surface area contributed by atoms with E-state index in [1.54, 1.807) is 0 Å². The fourth-order valence-corrected chi connectivity index (χ4v) is 1.82. The zero-order valence-corrected chi connectivity index (χ0v) is 7.96. The molecule has 0 aliphatic heterocycles. The van der Waals surface area contributed by atoms with Gasteiger partial charge >= 0.3 is 0 Å². The van der Waals surface area contributed by atoms with E-state index in [1.165, 1.54) is 12.8 Å². The number of halogens is 1. The monoisotopic (exact) mass is 184 g/mol. The second-order valence-electron chi connectivity index (χ2n) is 3.50.